The molecule has 0 saturated carbocycles. The molecule has 1 unspecified atom stereocenters. The maximum absolute atomic E-state index is 8.59. The molecule has 86 valence electrons. The number of hydrogen-bond donors (Lipinski definition) is 1. The molecule has 0 rings (SSSR count). The van der Waals surface area contributed by atoms with E-state index in [0.29, 0.717) is 6.42 Å². The van der Waals surface area contributed by atoms with Gasteiger partial charge in [-0.25, -0.2) is 0 Å². The Morgan fingerprint density at radius 3 is 2.00 bits per heavy atom. The largest absolute Gasteiger partial charge is 0.396 e. The molecule has 5 heteroatoms. The van der Waals surface area contributed by atoms with E-state index in [-0.39, 0.29) is 6.61 Å². The summed E-state index contributed by atoms with van der Waals surface area (Å²) in [5.41, 5.74) is 0. The molecule has 0 aromatic heterocycles. The smallest absolute Gasteiger partial charge is 0.192 e. The third-order valence-electron chi connectivity index (χ3n) is 1.93. The molecule has 0 amide bonds. The molecule has 0 aliphatic heterocycles. The van der Waals surface area contributed by atoms with Crippen molar-refractivity contribution in [2.75, 3.05) is 6.61 Å². The Balaban J connectivity index is 3.72. The normalized spacial score (nSPS) is 16.7. The SMILES string of the molecule is CC(Cl)(CCCCCO)CC(Cl)(Cl)Cl. The molecule has 0 aliphatic rings. The molecule has 0 bridgehead atoms. The zero-order valence-electron chi connectivity index (χ0n) is 8.20. The van der Waals surface area contributed by atoms with E-state index in [9.17, 15) is 0 Å². The Labute approximate surface area is 106 Å². The van der Waals surface area contributed by atoms with E-state index >= 15 is 0 Å². The van der Waals surface area contributed by atoms with Gasteiger partial charge in [0, 0.05) is 17.9 Å². The molecule has 0 aromatic carbocycles. The van der Waals surface area contributed by atoms with Crippen molar-refractivity contribution in [1.82, 2.24) is 0 Å². The monoisotopic (exact) mass is 280 g/mol. The maximum Gasteiger partial charge on any atom is 0.192 e. The topological polar surface area (TPSA) is 20.2 Å². The molecule has 14 heavy (non-hydrogen) atoms. The number of aliphatic hydroxyl groups is 1. The summed E-state index contributed by atoms with van der Waals surface area (Å²) in [4.78, 5) is -0.472. The summed E-state index contributed by atoms with van der Waals surface area (Å²) >= 11 is 23.2. The highest BCUT2D eigenvalue weighted by Crippen LogP contribution is 2.40. The fraction of sp³-hybridized carbons (Fsp3) is 1.00. The van der Waals surface area contributed by atoms with Crippen molar-refractivity contribution >= 4 is 46.4 Å². The average molecular weight is 282 g/mol. The van der Waals surface area contributed by atoms with Gasteiger partial charge in [0.25, 0.3) is 0 Å². The van der Waals surface area contributed by atoms with Crippen molar-refractivity contribution < 1.29 is 5.11 Å². The minimum absolute atomic E-state index is 0.226. The first-order valence-electron chi connectivity index (χ1n) is 4.63. The van der Waals surface area contributed by atoms with Crippen LogP contribution < -0.4 is 0 Å². The number of aliphatic hydroxyl groups excluding tert-OH is 1. The molecule has 0 spiro atoms. The van der Waals surface area contributed by atoms with Gasteiger partial charge >= 0.3 is 0 Å². The van der Waals surface area contributed by atoms with Gasteiger partial charge < -0.3 is 5.11 Å². The Hall–Kier alpha value is 1.12. The van der Waals surface area contributed by atoms with E-state index < -0.39 is 8.67 Å². The summed E-state index contributed by atoms with van der Waals surface area (Å²) in [5.74, 6) is 0. The van der Waals surface area contributed by atoms with Gasteiger partial charge in [0.1, 0.15) is 0 Å². The summed E-state index contributed by atoms with van der Waals surface area (Å²) in [7, 11) is 0. The minimum atomic E-state index is -1.28. The van der Waals surface area contributed by atoms with Gasteiger partial charge in [-0.2, -0.15) is 0 Å². The number of alkyl halides is 4. The molecular weight excluding hydrogens is 266 g/mol. The van der Waals surface area contributed by atoms with Gasteiger partial charge in [-0.3, -0.25) is 0 Å². The molecule has 1 N–H and O–H groups in total. The zero-order valence-corrected chi connectivity index (χ0v) is 11.2. The highest BCUT2D eigenvalue weighted by atomic mass is 35.6. The summed E-state index contributed by atoms with van der Waals surface area (Å²) < 4.78 is -1.28. The number of hydrogen-bond acceptors (Lipinski definition) is 1. The fourth-order valence-electron chi connectivity index (χ4n) is 1.29. The van der Waals surface area contributed by atoms with Crippen molar-refractivity contribution in [3.05, 3.63) is 0 Å². The van der Waals surface area contributed by atoms with Crippen molar-refractivity contribution in [3.63, 3.8) is 0 Å². The van der Waals surface area contributed by atoms with Crippen LogP contribution in [0.5, 0.6) is 0 Å². The lowest BCUT2D eigenvalue weighted by molar-refractivity contribution is 0.281. The van der Waals surface area contributed by atoms with Crippen LogP contribution in [0.2, 0.25) is 0 Å². The third kappa shape index (κ3) is 9.67. The first kappa shape index (κ1) is 15.1. The Bertz CT molecular complexity index is 153. The summed E-state index contributed by atoms with van der Waals surface area (Å²) in [6, 6.07) is 0. The predicted octanol–water partition coefficient (Wildman–Crippen LogP) is 4.30. The number of rotatable bonds is 6. The second-order valence-electron chi connectivity index (χ2n) is 3.74. The van der Waals surface area contributed by atoms with Gasteiger partial charge in [0.2, 0.25) is 0 Å². The molecular formula is C9H16Cl4O. The zero-order chi connectivity index (χ0) is 11.2. The van der Waals surface area contributed by atoms with Crippen molar-refractivity contribution in [3.8, 4) is 0 Å². The Kier molecular flexibility index (Phi) is 7.18. The van der Waals surface area contributed by atoms with Crippen LogP contribution in [0.3, 0.4) is 0 Å². The third-order valence-corrected chi connectivity index (χ3v) is 2.65. The standard InChI is InChI=1S/C9H16Cl4O/c1-8(10,7-9(11,12)13)5-3-2-4-6-14/h14H,2-7H2,1H3. The second kappa shape index (κ2) is 6.65. The fourth-order valence-corrected chi connectivity index (χ4v) is 2.71. The van der Waals surface area contributed by atoms with Crippen LogP contribution in [0, 0.1) is 0 Å². The lowest BCUT2D eigenvalue weighted by Crippen LogP contribution is -2.23. The Morgan fingerprint density at radius 1 is 1.00 bits per heavy atom. The van der Waals surface area contributed by atoms with Gasteiger partial charge in [-0.05, 0) is 19.8 Å². The average Bonchev–Trinajstić information content (AvgIpc) is 1.93. The maximum atomic E-state index is 8.59. The summed E-state index contributed by atoms with van der Waals surface area (Å²) in [5, 5.41) is 8.59. The van der Waals surface area contributed by atoms with Crippen molar-refractivity contribution in [1.29, 1.82) is 0 Å². The molecule has 0 saturated heterocycles. The van der Waals surface area contributed by atoms with Gasteiger partial charge in [0.05, 0.1) is 0 Å². The highest BCUT2D eigenvalue weighted by molar-refractivity contribution is 6.67. The minimum Gasteiger partial charge on any atom is -0.396 e. The van der Waals surface area contributed by atoms with Crippen LogP contribution in [-0.2, 0) is 0 Å². The highest BCUT2D eigenvalue weighted by Gasteiger charge is 2.32. The molecule has 0 radical (unpaired) electrons. The van der Waals surface area contributed by atoms with Crippen LogP contribution in [0.4, 0.5) is 0 Å². The van der Waals surface area contributed by atoms with Crippen LogP contribution in [-0.4, -0.2) is 20.4 Å². The molecule has 1 atom stereocenters. The van der Waals surface area contributed by atoms with Crippen LogP contribution in [0.1, 0.15) is 39.0 Å². The van der Waals surface area contributed by atoms with Crippen molar-refractivity contribution in [2.24, 2.45) is 0 Å². The first-order chi connectivity index (χ1) is 6.27. The molecule has 0 aromatic rings. The molecule has 0 fully saturated rings. The number of unbranched alkanes of at least 4 members (excludes halogenated alkanes) is 2. The van der Waals surface area contributed by atoms with Crippen LogP contribution in [0.25, 0.3) is 0 Å². The van der Waals surface area contributed by atoms with Gasteiger partial charge in [-0.15, -0.1) is 11.6 Å². The molecule has 0 aliphatic carbocycles. The van der Waals surface area contributed by atoms with Gasteiger partial charge in [-0.1, -0.05) is 47.6 Å². The van der Waals surface area contributed by atoms with E-state index in [2.05, 4.69) is 0 Å². The quantitative estimate of drug-likeness (QED) is 0.569. The molecule has 0 heterocycles. The molecule has 1 nitrogen and oxygen atoms in total. The van der Waals surface area contributed by atoms with Crippen molar-refractivity contribution in [2.45, 2.75) is 47.7 Å². The van der Waals surface area contributed by atoms with E-state index in [1.54, 1.807) is 0 Å². The van der Waals surface area contributed by atoms with Crippen LogP contribution in [0.15, 0.2) is 0 Å². The van der Waals surface area contributed by atoms with Gasteiger partial charge in [0.15, 0.2) is 3.79 Å². The van der Waals surface area contributed by atoms with Crippen LogP contribution >= 0.6 is 46.4 Å². The first-order valence-corrected chi connectivity index (χ1v) is 6.14. The Morgan fingerprint density at radius 2 is 1.57 bits per heavy atom. The van der Waals surface area contributed by atoms with E-state index in [1.807, 2.05) is 6.92 Å². The van der Waals surface area contributed by atoms with E-state index in [4.69, 9.17) is 51.5 Å². The lowest BCUT2D eigenvalue weighted by atomic mass is 9.99. The second-order valence-corrected chi connectivity index (χ2v) is 7.17. The van der Waals surface area contributed by atoms with E-state index in [0.717, 1.165) is 25.7 Å². The number of halogens is 4. The lowest BCUT2D eigenvalue weighted by Gasteiger charge is -2.25. The van der Waals surface area contributed by atoms with E-state index in [1.165, 1.54) is 0 Å². The summed E-state index contributed by atoms with van der Waals surface area (Å²) in [6.45, 7) is 2.10. The summed E-state index contributed by atoms with van der Waals surface area (Å²) in [6.07, 6.45) is 3.84. The predicted molar refractivity (Wildman–Crippen MR) is 64.7 cm³/mol.